The molecule has 116 valence electrons. The van der Waals surface area contributed by atoms with Crippen LogP contribution in [0.3, 0.4) is 0 Å². The van der Waals surface area contributed by atoms with E-state index in [0.29, 0.717) is 18.0 Å². The fourth-order valence-electron chi connectivity index (χ4n) is 2.84. The van der Waals surface area contributed by atoms with Crippen LogP contribution in [0.5, 0.6) is 0 Å². The maximum atomic E-state index is 12.5. The Kier molecular flexibility index (Phi) is 4.36. The molecule has 1 amide bonds. The molecule has 6 heteroatoms. The quantitative estimate of drug-likeness (QED) is 0.863. The van der Waals surface area contributed by atoms with E-state index in [9.17, 15) is 9.59 Å². The lowest BCUT2D eigenvalue weighted by molar-refractivity contribution is -0.118. The molecular weight excluding hydrogens is 320 g/mol. The molecule has 22 heavy (non-hydrogen) atoms. The zero-order valence-corrected chi connectivity index (χ0v) is 13.9. The zero-order valence-electron chi connectivity index (χ0n) is 12.3. The highest BCUT2D eigenvalue weighted by Crippen LogP contribution is 2.30. The van der Waals surface area contributed by atoms with E-state index < -0.39 is 0 Å². The number of aryl methyl sites for hydroxylation is 2. The van der Waals surface area contributed by atoms with E-state index >= 15 is 0 Å². The Morgan fingerprint density at radius 2 is 2.23 bits per heavy atom. The van der Waals surface area contributed by atoms with Crippen molar-refractivity contribution in [2.24, 2.45) is 0 Å². The highest BCUT2D eigenvalue weighted by molar-refractivity contribution is 7.07. The number of halogens is 1. The molecule has 0 unspecified atom stereocenters. The first-order valence-electron chi connectivity index (χ1n) is 7.30. The molecule has 1 aromatic heterocycles. The summed E-state index contributed by atoms with van der Waals surface area (Å²) in [6.07, 6.45) is 2.22. The molecule has 3 rings (SSSR count). The van der Waals surface area contributed by atoms with Crippen LogP contribution in [0.15, 0.2) is 28.4 Å². The van der Waals surface area contributed by atoms with Crippen LogP contribution < -0.4 is 9.77 Å². The Labute approximate surface area is 137 Å². The normalized spacial score (nSPS) is 14.0. The first-order chi connectivity index (χ1) is 10.6. The minimum atomic E-state index is -0.00359. The van der Waals surface area contributed by atoms with E-state index in [1.807, 2.05) is 35.4 Å². The van der Waals surface area contributed by atoms with Crippen molar-refractivity contribution in [3.05, 3.63) is 49.5 Å². The minimum Gasteiger partial charge on any atom is -0.312 e. The Hall–Kier alpha value is -1.59. The third-order valence-corrected chi connectivity index (χ3v) is 5.10. The maximum absolute atomic E-state index is 12.5. The van der Waals surface area contributed by atoms with Crippen LogP contribution in [-0.4, -0.2) is 17.0 Å². The first kappa shape index (κ1) is 15.3. The van der Waals surface area contributed by atoms with Crippen molar-refractivity contribution in [1.82, 2.24) is 4.57 Å². The van der Waals surface area contributed by atoms with Gasteiger partial charge in [-0.25, -0.2) is 0 Å². The van der Waals surface area contributed by atoms with Gasteiger partial charge in [0, 0.05) is 41.3 Å². The SMILES string of the molecule is Cc1csc(=O)n1CCC(=O)N1CCCc2cc(Cl)ccc21. The fourth-order valence-corrected chi connectivity index (χ4v) is 3.80. The second-order valence-electron chi connectivity index (χ2n) is 5.47. The van der Waals surface area contributed by atoms with Crippen LogP contribution >= 0.6 is 22.9 Å². The molecule has 1 aliphatic heterocycles. The average Bonchev–Trinajstić information content (AvgIpc) is 2.82. The first-order valence-corrected chi connectivity index (χ1v) is 8.56. The van der Waals surface area contributed by atoms with Crippen molar-refractivity contribution < 1.29 is 4.79 Å². The summed E-state index contributed by atoms with van der Waals surface area (Å²) in [5.41, 5.74) is 2.99. The predicted molar refractivity (Wildman–Crippen MR) is 90.1 cm³/mol. The summed E-state index contributed by atoms with van der Waals surface area (Å²) in [4.78, 5) is 26.1. The molecule has 0 saturated carbocycles. The van der Waals surface area contributed by atoms with Crippen molar-refractivity contribution in [1.29, 1.82) is 0 Å². The highest BCUT2D eigenvalue weighted by atomic mass is 35.5. The van der Waals surface area contributed by atoms with Gasteiger partial charge in [0.2, 0.25) is 5.91 Å². The molecule has 0 spiro atoms. The second-order valence-corrected chi connectivity index (χ2v) is 6.72. The number of fused-ring (bicyclic) bond motifs is 1. The van der Waals surface area contributed by atoms with Gasteiger partial charge in [0.25, 0.3) is 0 Å². The summed E-state index contributed by atoms with van der Waals surface area (Å²) in [5.74, 6) is 0.0563. The van der Waals surface area contributed by atoms with Gasteiger partial charge in [0.05, 0.1) is 0 Å². The van der Waals surface area contributed by atoms with Gasteiger partial charge in [0.1, 0.15) is 0 Å². The van der Waals surface area contributed by atoms with Gasteiger partial charge in [-0.1, -0.05) is 22.9 Å². The van der Waals surface area contributed by atoms with Crippen LogP contribution in [0.2, 0.25) is 5.02 Å². The van der Waals surface area contributed by atoms with E-state index in [1.165, 1.54) is 11.3 Å². The number of hydrogen-bond acceptors (Lipinski definition) is 3. The number of thiazole rings is 1. The number of benzene rings is 1. The summed E-state index contributed by atoms with van der Waals surface area (Å²) in [6.45, 7) is 3.05. The van der Waals surface area contributed by atoms with Gasteiger partial charge in [-0.15, -0.1) is 0 Å². The molecule has 2 aromatic rings. The van der Waals surface area contributed by atoms with Crippen molar-refractivity contribution in [3.63, 3.8) is 0 Å². The number of nitrogens with zero attached hydrogens (tertiary/aromatic N) is 2. The second kappa shape index (κ2) is 6.26. The number of amides is 1. The smallest absolute Gasteiger partial charge is 0.307 e. The van der Waals surface area contributed by atoms with Crippen molar-refractivity contribution in [2.45, 2.75) is 32.7 Å². The Morgan fingerprint density at radius 3 is 2.95 bits per heavy atom. The Morgan fingerprint density at radius 1 is 1.41 bits per heavy atom. The molecule has 1 aliphatic rings. The van der Waals surface area contributed by atoms with Gasteiger partial charge in [-0.05, 0) is 43.5 Å². The molecule has 1 aromatic carbocycles. The van der Waals surface area contributed by atoms with E-state index in [-0.39, 0.29) is 10.8 Å². The lowest BCUT2D eigenvalue weighted by Crippen LogP contribution is -2.36. The average molecular weight is 337 g/mol. The number of carbonyl (C=O) groups is 1. The van der Waals surface area contributed by atoms with Gasteiger partial charge in [0.15, 0.2) is 0 Å². The molecule has 2 heterocycles. The molecular formula is C16H17ClN2O2S. The van der Waals surface area contributed by atoms with Crippen LogP contribution in [0, 0.1) is 6.92 Å². The molecule has 0 N–H and O–H groups in total. The van der Waals surface area contributed by atoms with E-state index in [2.05, 4.69) is 0 Å². The molecule has 0 saturated heterocycles. The predicted octanol–water partition coefficient (Wildman–Crippen LogP) is 3.24. The van der Waals surface area contributed by atoms with Crippen LogP contribution in [0.4, 0.5) is 5.69 Å². The van der Waals surface area contributed by atoms with Crippen molar-refractivity contribution in [2.75, 3.05) is 11.4 Å². The molecule has 0 atom stereocenters. The maximum Gasteiger partial charge on any atom is 0.307 e. The van der Waals surface area contributed by atoms with Crippen molar-refractivity contribution in [3.8, 4) is 0 Å². The van der Waals surface area contributed by atoms with Crippen LogP contribution in [0.25, 0.3) is 0 Å². The number of carbonyl (C=O) groups excluding carboxylic acids is 1. The monoisotopic (exact) mass is 336 g/mol. The number of aromatic nitrogens is 1. The number of rotatable bonds is 3. The van der Waals surface area contributed by atoms with E-state index in [0.717, 1.165) is 36.3 Å². The molecule has 0 bridgehead atoms. The van der Waals surface area contributed by atoms with Gasteiger partial charge >= 0.3 is 4.87 Å². The third-order valence-electron chi connectivity index (χ3n) is 3.99. The summed E-state index contributed by atoms with van der Waals surface area (Å²) in [6, 6.07) is 5.67. The Balaban J connectivity index is 1.75. The largest absolute Gasteiger partial charge is 0.312 e. The third kappa shape index (κ3) is 2.96. The van der Waals surface area contributed by atoms with Gasteiger partial charge in [-0.3, -0.25) is 9.59 Å². The molecule has 0 aliphatic carbocycles. The molecule has 0 radical (unpaired) electrons. The molecule has 4 nitrogen and oxygen atoms in total. The number of anilines is 1. The summed E-state index contributed by atoms with van der Waals surface area (Å²) >= 11 is 7.20. The van der Waals surface area contributed by atoms with Gasteiger partial charge in [-0.2, -0.15) is 0 Å². The lowest BCUT2D eigenvalue weighted by atomic mass is 10.0. The Bertz CT molecular complexity index is 766. The molecule has 0 fully saturated rings. The minimum absolute atomic E-state index is 0.00359. The number of hydrogen-bond donors (Lipinski definition) is 0. The fraction of sp³-hybridized carbons (Fsp3) is 0.375. The van der Waals surface area contributed by atoms with Crippen LogP contribution in [0.1, 0.15) is 24.1 Å². The summed E-state index contributed by atoms with van der Waals surface area (Å²) < 4.78 is 1.66. The summed E-state index contributed by atoms with van der Waals surface area (Å²) in [5, 5.41) is 2.53. The zero-order chi connectivity index (χ0) is 15.7. The lowest BCUT2D eigenvalue weighted by Gasteiger charge is -2.29. The topological polar surface area (TPSA) is 42.3 Å². The van der Waals surface area contributed by atoms with E-state index in [4.69, 9.17) is 11.6 Å². The highest BCUT2D eigenvalue weighted by Gasteiger charge is 2.22. The summed E-state index contributed by atoms with van der Waals surface area (Å²) in [7, 11) is 0. The van der Waals surface area contributed by atoms with Crippen molar-refractivity contribution >= 4 is 34.5 Å². The van der Waals surface area contributed by atoms with E-state index in [1.54, 1.807) is 4.57 Å². The van der Waals surface area contributed by atoms with Gasteiger partial charge < -0.3 is 9.47 Å². The van der Waals surface area contributed by atoms with Crippen LogP contribution in [-0.2, 0) is 17.8 Å². The standard InChI is InChI=1S/C16H17ClN2O2S/c1-11-10-22-16(21)18(11)8-6-15(20)19-7-2-3-12-9-13(17)4-5-14(12)19/h4-5,9-10H,2-3,6-8H2,1H3.